The van der Waals surface area contributed by atoms with Gasteiger partial charge in [0.2, 0.25) is 10.0 Å². The summed E-state index contributed by atoms with van der Waals surface area (Å²) < 4.78 is 53.4. The van der Waals surface area contributed by atoms with Crippen molar-refractivity contribution in [1.82, 2.24) is 24.8 Å². The summed E-state index contributed by atoms with van der Waals surface area (Å²) in [5, 5.41) is 6.99. The van der Waals surface area contributed by atoms with Crippen LogP contribution in [-0.2, 0) is 10.0 Å². The van der Waals surface area contributed by atoms with Crippen molar-refractivity contribution in [1.29, 1.82) is 0 Å². The van der Waals surface area contributed by atoms with Crippen LogP contribution in [0.4, 0.5) is 8.78 Å². The van der Waals surface area contributed by atoms with Crippen LogP contribution in [0.1, 0.15) is 28.6 Å². The lowest BCUT2D eigenvalue weighted by atomic mass is 10.1. The molecule has 31 heavy (non-hydrogen) atoms. The fraction of sp³-hybridized carbons (Fsp3) is 0.250. The van der Waals surface area contributed by atoms with Crippen LogP contribution in [0.5, 0.6) is 0 Å². The van der Waals surface area contributed by atoms with Gasteiger partial charge in [0.05, 0.1) is 17.9 Å². The maximum absolute atomic E-state index is 14.2. The van der Waals surface area contributed by atoms with E-state index in [2.05, 4.69) is 19.9 Å². The molecule has 1 aromatic heterocycles. The molecule has 2 aromatic carbocycles. The van der Waals surface area contributed by atoms with Gasteiger partial charge in [0.1, 0.15) is 17.5 Å². The first-order valence-corrected chi connectivity index (χ1v) is 11.3. The van der Waals surface area contributed by atoms with Crippen molar-refractivity contribution >= 4 is 15.9 Å². The second kappa shape index (κ2) is 8.16. The van der Waals surface area contributed by atoms with Crippen LogP contribution in [0.25, 0.3) is 11.4 Å². The summed E-state index contributed by atoms with van der Waals surface area (Å²) in [4.78, 5) is 18.9. The Hall–Kier alpha value is -3.18. The number of amides is 1. The predicted molar refractivity (Wildman–Crippen MR) is 108 cm³/mol. The topological polar surface area (TPSA) is 108 Å². The fourth-order valence-corrected chi connectivity index (χ4v) is 4.44. The van der Waals surface area contributed by atoms with Gasteiger partial charge in [-0.3, -0.25) is 9.89 Å². The highest BCUT2D eigenvalue weighted by atomic mass is 32.2. The van der Waals surface area contributed by atoms with Crippen molar-refractivity contribution in [2.24, 2.45) is 0 Å². The molecule has 0 radical (unpaired) electrons. The van der Waals surface area contributed by atoms with Crippen molar-refractivity contribution in [3.63, 3.8) is 0 Å². The lowest BCUT2D eigenvalue weighted by molar-refractivity contribution is 0.0723. The quantitative estimate of drug-likeness (QED) is 0.624. The number of carbonyl (C=O) groups is 1. The lowest BCUT2D eigenvalue weighted by Crippen LogP contribution is -2.38. The van der Waals surface area contributed by atoms with Crippen LogP contribution < -0.4 is 4.72 Å². The summed E-state index contributed by atoms with van der Waals surface area (Å²) in [7, 11) is -3.54. The Morgan fingerprint density at radius 3 is 2.61 bits per heavy atom. The van der Waals surface area contributed by atoms with Crippen molar-refractivity contribution < 1.29 is 22.0 Å². The van der Waals surface area contributed by atoms with E-state index in [1.165, 1.54) is 4.90 Å². The Morgan fingerprint density at radius 1 is 1.19 bits per heavy atom. The van der Waals surface area contributed by atoms with E-state index in [9.17, 15) is 22.0 Å². The van der Waals surface area contributed by atoms with E-state index < -0.39 is 39.6 Å². The molecule has 2 unspecified atom stereocenters. The minimum atomic E-state index is -3.54. The highest BCUT2D eigenvalue weighted by molar-refractivity contribution is 7.88. The van der Waals surface area contributed by atoms with Gasteiger partial charge in [0.15, 0.2) is 5.82 Å². The van der Waals surface area contributed by atoms with E-state index in [4.69, 9.17) is 0 Å². The molecule has 1 saturated heterocycles. The van der Waals surface area contributed by atoms with Gasteiger partial charge in [-0.25, -0.2) is 26.9 Å². The third-order valence-electron chi connectivity index (χ3n) is 4.95. The summed E-state index contributed by atoms with van der Waals surface area (Å²) >= 11 is 0. The van der Waals surface area contributed by atoms with Gasteiger partial charge in [-0.1, -0.05) is 30.3 Å². The Kier molecular flexibility index (Phi) is 5.54. The van der Waals surface area contributed by atoms with Crippen LogP contribution >= 0.6 is 0 Å². The molecule has 11 heteroatoms. The number of sulfonamides is 1. The van der Waals surface area contributed by atoms with Crippen LogP contribution in [-0.4, -0.2) is 53.2 Å². The molecular weight excluding hydrogens is 428 g/mol. The zero-order valence-electron chi connectivity index (χ0n) is 16.4. The van der Waals surface area contributed by atoms with Crippen LogP contribution in [0.2, 0.25) is 0 Å². The number of nitrogens with zero attached hydrogens (tertiary/aromatic N) is 3. The number of halogens is 2. The number of H-pyrrole nitrogens is 1. The Bertz CT molecular complexity index is 1220. The highest BCUT2D eigenvalue weighted by Gasteiger charge is 2.40. The van der Waals surface area contributed by atoms with Gasteiger partial charge < -0.3 is 4.90 Å². The maximum Gasteiger partial charge on any atom is 0.257 e. The zero-order valence-corrected chi connectivity index (χ0v) is 17.2. The van der Waals surface area contributed by atoms with E-state index in [0.29, 0.717) is 17.7 Å². The number of nitrogens with one attached hydrogen (secondary N) is 2. The smallest absolute Gasteiger partial charge is 0.257 e. The molecule has 1 fully saturated rings. The first kappa shape index (κ1) is 21.1. The van der Waals surface area contributed by atoms with Crippen LogP contribution in [0, 0.1) is 11.6 Å². The van der Waals surface area contributed by atoms with Gasteiger partial charge in [-0.15, -0.1) is 0 Å². The largest absolute Gasteiger partial charge is 0.327 e. The van der Waals surface area contributed by atoms with Gasteiger partial charge in [-0.05, 0) is 18.6 Å². The normalized spacial score (nSPS) is 19.0. The second-order valence-corrected chi connectivity index (χ2v) is 9.11. The molecule has 4 rings (SSSR count). The average molecular weight is 447 g/mol. The Labute approximate surface area is 177 Å². The van der Waals surface area contributed by atoms with Crippen LogP contribution in [0.3, 0.4) is 0 Å². The number of aromatic nitrogens is 3. The first-order chi connectivity index (χ1) is 14.7. The number of benzene rings is 2. The third-order valence-corrected chi connectivity index (χ3v) is 5.72. The minimum Gasteiger partial charge on any atom is -0.327 e. The van der Waals surface area contributed by atoms with Crippen molar-refractivity contribution in [2.45, 2.75) is 18.5 Å². The first-order valence-electron chi connectivity index (χ1n) is 9.42. The number of aromatic amines is 1. The van der Waals surface area contributed by atoms with Crippen molar-refractivity contribution in [3.05, 3.63) is 71.6 Å². The average Bonchev–Trinajstić information content (AvgIpc) is 3.34. The van der Waals surface area contributed by atoms with Crippen molar-refractivity contribution in [3.8, 4) is 11.4 Å². The molecule has 0 spiro atoms. The monoisotopic (exact) mass is 447 g/mol. The molecule has 1 aliphatic heterocycles. The minimum absolute atomic E-state index is 0.00520. The summed E-state index contributed by atoms with van der Waals surface area (Å²) in [5.41, 5.74) is 0.450. The molecule has 162 valence electrons. The molecule has 2 heterocycles. The molecule has 2 atom stereocenters. The summed E-state index contributed by atoms with van der Waals surface area (Å²) in [6.07, 6.45) is 1.24. The molecule has 0 bridgehead atoms. The summed E-state index contributed by atoms with van der Waals surface area (Å²) in [6, 6.07) is 10.6. The second-order valence-electron chi connectivity index (χ2n) is 7.33. The van der Waals surface area contributed by atoms with E-state index in [0.717, 1.165) is 24.0 Å². The SMILES string of the molecule is CS(=O)(=O)NC1CC(c2nc(-c3ccccc3)n[nH]2)N(C(=O)c2ccc(F)cc2F)C1. The van der Waals surface area contributed by atoms with E-state index in [-0.39, 0.29) is 18.5 Å². The van der Waals surface area contributed by atoms with E-state index in [1.54, 1.807) is 0 Å². The molecule has 3 aromatic rings. The molecule has 1 aliphatic rings. The summed E-state index contributed by atoms with van der Waals surface area (Å²) in [5.74, 6) is -1.74. The number of hydrogen-bond acceptors (Lipinski definition) is 5. The molecule has 0 saturated carbocycles. The Morgan fingerprint density at radius 2 is 1.94 bits per heavy atom. The molecule has 2 N–H and O–H groups in total. The highest BCUT2D eigenvalue weighted by Crippen LogP contribution is 2.33. The summed E-state index contributed by atoms with van der Waals surface area (Å²) in [6.45, 7) is -0.00520. The number of rotatable bonds is 5. The maximum atomic E-state index is 14.2. The third kappa shape index (κ3) is 4.62. The van der Waals surface area contributed by atoms with E-state index in [1.807, 2.05) is 30.3 Å². The standard InChI is InChI=1S/C20H19F2N5O3S/c1-31(29,30)26-14-10-17(19-23-18(24-25-19)12-5-3-2-4-6-12)27(11-14)20(28)15-8-7-13(21)9-16(15)22/h2-9,14,17,26H,10-11H2,1H3,(H,23,24,25). The zero-order chi connectivity index (χ0) is 22.2. The number of hydrogen-bond donors (Lipinski definition) is 2. The van der Waals surface area contributed by atoms with Crippen molar-refractivity contribution in [2.75, 3.05) is 12.8 Å². The molecule has 0 aliphatic carbocycles. The van der Waals surface area contributed by atoms with Gasteiger partial charge in [0, 0.05) is 24.2 Å². The molecular formula is C20H19F2N5O3S. The Balaban J connectivity index is 1.67. The van der Waals surface area contributed by atoms with Gasteiger partial charge >= 0.3 is 0 Å². The van der Waals surface area contributed by atoms with E-state index >= 15 is 0 Å². The fourth-order valence-electron chi connectivity index (χ4n) is 3.67. The lowest BCUT2D eigenvalue weighted by Gasteiger charge is -2.23. The predicted octanol–water partition coefficient (Wildman–Crippen LogP) is 2.25. The molecule has 1 amide bonds. The number of carbonyl (C=O) groups excluding carboxylic acids is 1. The molecule has 8 nitrogen and oxygen atoms in total. The van der Waals surface area contributed by atoms with Gasteiger partial charge in [-0.2, -0.15) is 5.10 Å². The number of likely N-dealkylation sites (tertiary alicyclic amines) is 1. The van der Waals surface area contributed by atoms with Gasteiger partial charge in [0.25, 0.3) is 5.91 Å². The van der Waals surface area contributed by atoms with Crippen LogP contribution in [0.15, 0.2) is 48.5 Å².